The maximum atomic E-state index is 12.8. The molecule has 0 aromatic heterocycles. The smallest absolute Gasteiger partial charge is 0.259 e. The molecule has 2 aromatic carbocycles. The van der Waals surface area contributed by atoms with Gasteiger partial charge in [0.25, 0.3) is 5.91 Å². The van der Waals surface area contributed by atoms with E-state index in [1.54, 1.807) is 18.2 Å². The number of nitrogens with zero attached hydrogens (tertiary/aromatic N) is 1. The molecule has 0 saturated carbocycles. The van der Waals surface area contributed by atoms with Crippen LogP contribution in [0.1, 0.15) is 19.4 Å². The second-order valence-electron chi connectivity index (χ2n) is 5.22. The highest BCUT2D eigenvalue weighted by atomic mass is 19.1. The van der Waals surface area contributed by atoms with Crippen LogP contribution in [0.4, 0.5) is 10.1 Å². The lowest BCUT2D eigenvalue weighted by Gasteiger charge is -2.10. The Morgan fingerprint density at radius 1 is 1.12 bits per heavy atom. The van der Waals surface area contributed by atoms with Crippen LogP contribution in [0, 0.1) is 5.82 Å². The lowest BCUT2D eigenvalue weighted by molar-refractivity contribution is -0.119. The normalized spacial score (nSPS) is 10.6. The minimum absolute atomic E-state index is 0.0184. The van der Waals surface area contributed by atoms with Crippen molar-refractivity contribution in [3.8, 4) is 11.5 Å². The Morgan fingerprint density at radius 2 is 1.85 bits per heavy atom. The molecule has 6 nitrogen and oxygen atoms in total. The van der Waals surface area contributed by atoms with Crippen LogP contribution in [-0.4, -0.2) is 31.9 Å². The number of carbonyl (C=O) groups is 1. The average Bonchev–Trinajstić information content (AvgIpc) is 2.63. The van der Waals surface area contributed by atoms with E-state index < -0.39 is 0 Å². The zero-order valence-electron chi connectivity index (χ0n) is 14.8. The summed E-state index contributed by atoms with van der Waals surface area (Å²) in [6, 6.07) is 11.2. The van der Waals surface area contributed by atoms with Crippen molar-refractivity contribution in [3.63, 3.8) is 0 Å². The van der Waals surface area contributed by atoms with Crippen molar-refractivity contribution in [1.29, 1.82) is 0 Å². The Labute approximate surface area is 152 Å². The summed E-state index contributed by atoms with van der Waals surface area (Å²) in [6.45, 7) is 4.88. The molecule has 7 heteroatoms. The number of carbonyl (C=O) groups excluding carboxylic acids is 1. The highest BCUT2D eigenvalue weighted by molar-refractivity contribution is 5.86. The van der Waals surface area contributed by atoms with Crippen molar-refractivity contribution in [2.45, 2.75) is 13.8 Å². The van der Waals surface area contributed by atoms with E-state index in [-0.39, 0.29) is 18.3 Å². The standard InChI is InChI=1S/C19H22FN3O3/c1-3-25-17-10-5-14(18(11-17)26-4-2)12-22-23-19(24)13-21-16-8-6-15(20)7-9-16/h5-12,21H,3-4,13H2,1-2H3,(H,23,24)/b22-12-. The number of amides is 1. The Bertz CT molecular complexity index is 748. The molecule has 0 heterocycles. The van der Waals surface area contributed by atoms with Crippen LogP contribution in [0.25, 0.3) is 0 Å². The number of benzene rings is 2. The molecule has 0 unspecified atom stereocenters. The van der Waals surface area contributed by atoms with Gasteiger partial charge in [0.2, 0.25) is 0 Å². The summed E-state index contributed by atoms with van der Waals surface area (Å²) in [7, 11) is 0. The van der Waals surface area contributed by atoms with E-state index in [4.69, 9.17) is 9.47 Å². The number of anilines is 1. The number of ether oxygens (including phenoxy) is 2. The van der Waals surface area contributed by atoms with Gasteiger partial charge in [0.1, 0.15) is 17.3 Å². The number of nitrogens with one attached hydrogen (secondary N) is 2. The number of hydrogen-bond acceptors (Lipinski definition) is 5. The van der Waals surface area contributed by atoms with Gasteiger partial charge in [-0.15, -0.1) is 0 Å². The third-order valence-corrected chi connectivity index (χ3v) is 3.29. The molecular formula is C19H22FN3O3. The van der Waals surface area contributed by atoms with E-state index in [1.165, 1.54) is 18.3 Å². The van der Waals surface area contributed by atoms with E-state index in [0.717, 1.165) is 5.56 Å². The fraction of sp³-hybridized carbons (Fsp3) is 0.263. The van der Waals surface area contributed by atoms with E-state index in [2.05, 4.69) is 15.8 Å². The molecule has 0 saturated heterocycles. The fourth-order valence-corrected chi connectivity index (χ4v) is 2.12. The van der Waals surface area contributed by atoms with Gasteiger partial charge in [0.15, 0.2) is 0 Å². The van der Waals surface area contributed by atoms with E-state index in [0.29, 0.717) is 30.4 Å². The Morgan fingerprint density at radius 3 is 2.54 bits per heavy atom. The van der Waals surface area contributed by atoms with Crippen LogP contribution in [0.5, 0.6) is 11.5 Å². The van der Waals surface area contributed by atoms with Gasteiger partial charge >= 0.3 is 0 Å². The lowest BCUT2D eigenvalue weighted by Crippen LogP contribution is -2.25. The van der Waals surface area contributed by atoms with Crippen molar-refractivity contribution >= 4 is 17.8 Å². The first-order chi connectivity index (χ1) is 12.6. The van der Waals surface area contributed by atoms with Crippen LogP contribution >= 0.6 is 0 Å². The summed E-state index contributed by atoms with van der Waals surface area (Å²) in [5.41, 5.74) is 3.80. The van der Waals surface area contributed by atoms with E-state index >= 15 is 0 Å². The Kier molecular flexibility index (Phi) is 7.42. The SMILES string of the molecule is CCOc1ccc(/C=N\NC(=O)CNc2ccc(F)cc2)c(OCC)c1. The van der Waals surface area contributed by atoms with Crippen molar-refractivity contribution in [2.24, 2.45) is 5.10 Å². The topological polar surface area (TPSA) is 72.0 Å². The number of halogens is 1. The molecule has 0 fully saturated rings. The highest BCUT2D eigenvalue weighted by Crippen LogP contribution is 2.23. The minimum Gasteiger partial charge on any atom is -0.494 e. The molecule has 0 spiro atoms. The first-order valence-corrected chi connectivity index (χ1v) is 8.33. The third kappa shape index (κ3) is 6.08. The first kappa shape index (κ1) is 19.2. The molecule has 1 amide bonds. The molecule has 0 radical (unpaired) electrons. The van der Waals surface area contributed by atoms with Crippen LogP contribution in [0.3, 0.4) is 0 Å². The van der Waals surface area contributed by atoms with Gasteiger partial charge in [-0.2, -0.15) is 5.10 Å². The fourth-order valence-electron chi connectivity index (χ4n) is 2.12. The van der Waals surface area contributed by atoms with Gasteiger partial charge in [-0.3, -0.25) is 4.79 Å². The van der Waals surface area contributed by atoms with Gasteiger partial charge in [0, 0.05) is 17.3 Å². The quantitative estimate of drug-likeness (QED) is 0.533. The van der Waals surface area contributed by atoms with Crippen molar-refractivity contribution in [2.75, 3.05) is 25.1 Å². The molecule has 138 valence electrons. The summed E-state index contributed by atoms with van der Waals surface area (Å²) in [4.78, 5) is 11.8. The van der Waals surface area contributed by atoms with Crippen LogP contribution in [0.15, 0.2) is 47.6 Å². The second kappa shape index (κ2) is 10.0. The zero-order valence-corrected chi connectivity index (χ0v) is 14.8. The Hall–Kier alpha value is -3.09. The Balaban J connectivity index is 1.90. The number of hydrogen-bond donors (Lipinski definition) is 2. The van der Waals surface area contributed by atoms with Crippen molar-refractivity contribution in [3.05, 3.63) is 53.8 Å². The van der Waals surface area contributed by atoms with Gasteiger partial charge < -0.3 is 14.8 Å². The predicted molar refractivity (Wildman–Crippen MR) is 99.4 cm³/mol. The predicted octanol–water partition coefficient (Wildman–Crippen LogP) is 3.19. The van der Waals surface area contributed by atoms with E-state index in [9.17, 15) is 9.18 Å². The van der Waals surface area contributed by atoms with Crippen LogP contribution in [-0.2, 0) is 4.79 Å². The molecule has 26 heavy (non-hydrogen) atoms. The summed E-state index contributed by atoms with van der Waals surface area (Å²) < 4.78 is 23.8. The summed E-state index contributed by atoms with van der Waals surface area (Å²) in [5, 5.41) is 6.82. The summed E-state index contributed by atoms with van der Waals surface area (Å²) >= 11 is 0. The monoisotopic (exact) mass is 359 g/mol. The molecule has 2 N–H and O–H groups in total. The zero-order chi connectivity index (χ0) is 18.8. The molecule has 0 atom stereocenters. The van der Waals surface area contributed by atoms with Crippen molar-refractivity contribution < 1.29 is 18.7 Å². The number of hydrazone groups is 1. The molecule has 0 bridgehead atoms. The third-order valence-electron chi connectivity index (χ3n) is 3.29. The lowest BCUT2D eigenvalue weighted by atomic mass is 10.2. The number of rotatable bonds is 9. The molecule has 0 aliphatic heterocycles. The minimum atomic E-state index is -0.329. The molecule has 2 rings (SSSR count). The molecular weight excluding hydrogens is 337 g/mol. The second-order valence-corrected chi connectivity index (χ2v) is 5.22. The summed E-state index contributed by atoms with van der Waals surface area (Å²) in [5.74, 6) is 0.682. The van der Waals surface area contributed by atoms with Gasteiger partial charge in [-0.25, -0.2) is 9.82 Å². The van der Waals surface area contributed by atoms with Crippen LogP contribution in [0.2, 0.25) is 0 Å². The van der Waals surface area contributed by atoms with Gasteiger partial charge in [-0.1, -0.05) is 0 Å². The first-order valence-electron chi connectivity index (χ1n) is 8.33. The van der Waals surface area contributed by atoms with E-state index in [1.807, 2.05) is 26.0 Å². The highest BCUT2D eigenvalue weighted by Gasteiger charge is 2.05. The maximum absolute atomic E-state index is 12.8. The van der Waals surface area contributed by atoms with Crippen molar-refractivity contribution in [1.82, 2.24) is 5.43 Å². The average molecular weight is 359 g/mol. The molecule has 0 aliphatic carbocycles. The molecule has 0 aliphatic rings. The largest absolute Gasteiger partial charge is 0.494 e. The van der Waals surface area contributed by atoms with Gasteiger partial charge in [-0.05, 0) is 50.2 Å². The molecule has 2 aromatic rings. The summed E-state index contributed by atoms with van der Waals surface area (Å²) in [6.07, 6.45) is 1.51. The van der Waals surface area contributed by atoms with Gasteiger partial charge in [0.05, 0.1) is 26.0 Å². The maximum Gasteiger partial charge on any atom is 0.259 e. The van der Waals surface area contributed by atoms with Crippen LogP contribution < -0.4 is 20.2 Å².